The van der Waals surface area contributed by atoms with Crippen molar-refractivity contribution >= 4 is 26.8 Å². The summed E-state index contributed by atoms with van der Waals surface area (Å²) in [4.78, 5) is 16.6. The van der Waals surface area contributed by atoms with Gasteiger partial charge in [0.15, 0.2) is 11.5 Å². The SMILES string of the molecule is Cc1cc(-c2cc(NS(C)(=O)=O)cc3nc(C4CC4)oc23)cn(C)c1=O. The van der Waals surface area contributed by atoms with Gasteiger partial charge in [-0.1, -0.05) is 0 Å². The number of nitrogens with one attached hydrogen (secondary N) is 1. The lowest BCUT2D eigenvalue weighted by Gasteiger charge is -2.10. The zero-order chi connectivity index (χ0) is 18.6. The van der Waals surface area contributed by atoms with Crippen molar-refractivity contribution in [3.63, 3.8) is 0 Å². The third-order valence-electron chi connectivity index (χ3n) is 4.41. The van der Waals surface area contributed by atoms with Crippen LogP contribution >= 0.6 is 0 Å². The van der Waals surface area contributed by atoms with E-state index in [1.165, 1.54) is 4.57 Å². The Bertz CT molecular complexity index is 1160. The van der Waals surface area contributed by atoms with Crippen molar-refractivity contribution in [3.8, 4) is 11.1 Å². The van der Waals surface area contributed by atoms with Crippen LogP contribution in [0, 0.1) is 6.92 Å². The van der Waals surface area contributed by atoms with E-state index in [-0.39, 0.29) is 5.56 Å². The van der Waals surface area contributed by atoms with E-state index in [1.54, 1.807) is 38.4 Å². The molecule has 0 atom stereocenters. The van der Waals surface area contributed by atoms with E-state index in [1.807, 2.05) is 0 Å². The molecule has 1 aliphatic rings. The lowest BCUT2D eigenvalue weighted by atomic mass is 10.0. The number of hydrogen-bond acceptors (Lipinski definition) is 5. The number of sulfonamides is 1. The van der Waals surface area contributed by atoms with E-state index >= 15 is 0 Å². The van der Waals surface area contributed by atoms with Crippen molar-refractivity contribution in [2.24, 2.45) is 7.05 Å². The molecule has 0 radical (unpaired) electrons. The second-order valence-electron chi connectivity index (χ2n) is 6.90. The molecule has 2 heterocycles. The topological polar surface area (TPSA) is 94.2 Å². The van der Waals surface area contributed by atoms with Gasteiger partial charge in [0.2, 0.25) is 10.0 Å². The second kappa shape index (κ2) is 5.70. The van der Waals surface area contributed by atoms with E-state index in [0.29, 0.717) is 39.7 Å². The van der Waals surface area contributed by atoms with E-state index < -0.39 is 10.0 Å². The summed E-state index contributed by atoms with van der Waals surface area (Å²) in [5.74, 6) is 1.02. The van der Waals surface area contributed by atoms with Crippen molar-refractivity contribution in [1.29, 1.82) is 0 Å². The Kier molecular flexibility index (Phi) is 3.69. The van der Waals surface area contributed by atoms with Gasteiger partial charge in [-0.3, -0.25) is 9.52 Å². The highest BCUT2D eigenvalue weighted by atomic mass is 32.2. The summed E-state index contributed by atoms with van der Waals surface area (Å²) in [6.07, 6.45) is 4.92. The number of aromatic nitrogens is 2. The van der Waals surface area contributed by atoms with Gasteiger partial charge in [-0.15, -0.1) is 0 Å². The van der Waals surface area contributed by atoms with Crippen LogP contribution in [0.3, 0.4) is 0 Å². The molecule has 1 saturated carbocycles. The summed E-state index contributed by atoms with van der Waals surface area (Å²) < 4.78 is 33.3. The number of rotatable bonds is 4. The summed E-state index contributed by atoms with van der Waals surface area (Å²) in [7, 11) is -1.74. The van der Waals surface area contributed by atoms with Crippen molar-refractivity contribution in [1.82, 2.24) is 9.55 Å². The van der Waals surface area contributed by atoms with Crippen LogP contribution in [0.15, 0.2) is 33.6 Å². The van der Waals surface area contributed by atoms with Crippen molar-refractivity contribution < 1.29 is 12.8 Å². The first kappa shape index (κ1) is 16.8. The Morgan fingerprint density at radius 3 is 2.62 bits per heavy atom. The summed E-state index contributed by atoms with van der Waals surface area (Å²) in [5.41, 5.74) is 3.61. The minimum atomic E-state index is -3.43. The van der Waals surface area contributed by atoms with Crippen molar-refractivity contribution in [3.05, 3.63) is 46.2 Å². The maximum Gasteiger partial charge on any atom is 0.253 e. The maximum atomic E-state index is 12.0. The van der Waals surface area contributed by atoms with Gasteiger partial charge in [0, 0.05) is 35.9 Å². The zero-order valence-electron chi connectivity index (χ0n) is 14.7. The second-order valence-corrected chi connectivity index (χ2v) is 8.65. The summed E-state index contributed by atoms with van der Waals surface area (Å²) in [5, 5.41) is 0. The Hall–Kier alpha value is -2.61. The molecule has 0 unspecified atom stereocenters. The Morgan fingerprint density at radius 1 is 1.27 bits per heavy atom. The number of anilines is 1. The van der Waals surface area contributed by atoms with E-state index in [9.17, 15) is 13.2 Å². The molecule has 0 spiro atoms. The standard InChI is InChI=1S/C18H19N3O4S/c1-10-6-12(9-21(2)18(10)22)14-7-13(20-26(3,23)24)8-15-16(14)25-17(19-15)11-4-5-11/h6-9,11,20H,4-5H2,1-3H3. The number of oxazole rings is 1. The van der Waals surface area contributed by atoms with E-state index in [4.69, 9.17) is 4.42 Å². The highest BCUT2D eigenvalue weighted by molar-refractivity contribution is 7.92. The molecular formula is C18H19N3O4S. The first-order chi connectivity index (χ1) is 12.2. The summed E-state index contributed by atoms with van der Waals surface area (Å²) >= 11 is 0. The molecule has 1 N–H and O–H groups in total. The lowest BCUT2D eigenvalue weighted by molar-refractivity contribution is 0.534. The van der Waals surface area contributed by atoms with Crippen LogP contribution in [0.4, 0.5) is 5.69 Å². The quantitative estimate of drug-likeness (QED) is 0.759. The molecule has 1 fully saturated rings. The fraction of sp³-hybridized carbons (Fsp3) is 0.333. The molecule has 0 saturated heterocycles. The lowest BCUT2D eigenvalue weighted by Crippen LogP contribution is -2.18. The van der Waals surface area contributed by atoms with Crippen LogP contribution < -0.4 is 10.3 Å². The zero-order valence-corrected chi connectivity index (χ0v) is 15.6. The first-order valence-electron chi connectivity index (χ1n) is 8.31. The van der Waals surface area contributed by atoms with Crippen LogP contribution in [0.25, 0.3) is 22.2 Å². The average molecular weight is 373 g/mol. The molecule has 0 amide bonds. The molecule has 7 nitrogen and oxygen atoms in total. The molecule has 0 aliphatic heterocycles. The fourth-order valence-electron chi connectivity index (χ4n) is 3.07. The predicted octanol–water partition coefficient (Wildman–Crippen LogP) is 2.75. The third-order valence-corrected chi connectivity index (χ3v) is 5.02. The molecule has 4 rings (SSSR count). The molecular weight excluding hydrogens is 354 g/mol. The normalized spacial score (nSPS) is 14.7. The maximum absolute atomic E-state index is 12.0. The molecule has 1 aliphatic carbocycles. The predicted molar refractivity (Wildman–Crippen MR) is 99.9 cm³/mol. The van der Waals surface area contributed by atoms with Gasteiger partial charge in [0.05, 0.1) is 11.9 Å². The Balaban J connectivity index is 1.97. The van der Waals surface area contributed by atoms with Gasteiger partial charge in [-0.25, -0.2) is 13.4 Å². The van der Waals surface area contributed by atoms with E-state index in [0.717, 1.165) is 24.7 Å². The molecule has 0 bridgehead atoms. The molecule has 3 aromatic rings. The molecule has 8 heteroatoms. The van der Waals surface area contributed by atoms with Crippen LogP contribution in [0.5, 0.6) is 0 Å². The first-order valence-corrected chi connectivity index (χ1v) is 10.2. The smallest absolute Gasteiger partial charge is 0.253 e. The van der Waals surface area contributed by atoms with Crippen molar-refractivity contribution in [2.45, 2.75) is 25.7 Å². The summed E-state index contributed by atoms with van der Waals surface area (Å²) in [6.45, 7) is 1.75. The highest BCUT2D eigenvalue weighted by Crippen LogP contribution is 2.42. The van der Waals surface area contributed by atoms with Crippen LogP contribution in [-0.4, -0.2) is 24.2 Å². The highest BCUT2D eigenvalue weighted by Gasteiger charge is 2.29. The van der Waals surface area contributed by atoms with Crippen LogP contribution in [0.1, 0.15) is 30.2 Å². The Morgan fingerprint density at radius 2 is 2.00 bits per heavy atom. The molecule has 1 aromatic carbocycles. The number of fused-ring (bicyclic) bond motifs is 1. The number of hydrogen-bond donors (Lipinski definition) is 1. The average Bonchev–Trinajstić information content (AvgIpc) is 3.29. The minimum absolute atomic E-state index is 0.0772. The number of aryl methyl sites for hydroxylation is 2. The van der Waals surface area contributed by atoms with Gasteiger partial charge in [-0.05, 0) is 38.0 Å². The van der Waals surface area contributed by atoms with Gasteiger partial charge >= 0.3 is 0 Å². The van der Waals surface area contributed by atoms with Gasteiger partial charge in [0.1, 0.15) is 5.52 Å². The Labute approximate surface area is 150 Å². The minimum Gasteiger partial charge on any atom is -0.440 e. The van der Waals surface area contributed by atoms with Gasteiger partial charge < -0.3 is 8.98 Å². The summed E-state index contributed by atoms with van der Waals surface area (Å²) in [6, 6.07) is 5.16. The molecule has 136 valence electrons. The molecule has 2 aromatic heterocycles. The van der Waals surface area contributed by atoms with Gasteiger partial charge in [-0.2, -0.15) is 0 Å². The number of nitrogens with zero attached hydrogens (tertiary/aromatic N) is 2. The number of pyridine rings is 1. The fourth-order valence-corrected chi connectivity index (χ4v) is 3.61. The van der Waals surface area contributed by atoms with E-state index in [2.05, 4.69) is 9.71 Å². The van der Waals surface area contributed by atoms with Gasteiger partial charge in [0.25, 0.3) is 5.56 Å². The van der Waals surface area contributed by atoms with Crippen molar-refractivity contribution in [2.75, 3.05) is 11.0 Å². The monoisotopic (exact) mass is 373 g/mol. The number of benzene rings is 1. The third kappa shape index (κ3) is 3.12. The molecule has 26 heavy (non-hydrogen) atoms. The van der Waals surface area contributed by atoms with Crippen LogP contribution in [-0.2, 0) is 17.1 Å². The van der Waals surface area contributed by atoms with Crippen LogP contribution in [0.2, 0.25) is 0 Å². The largest absolute Gasteiger partial charge is 0.440 e.